The van der Waals surface area contributed by atoms with Crippen LogP contribution in [0.4, 0.5) is 0 Å². The fraction of sp³-hybridized carbons (Fsp3) is 0.333. The molecule has 84 valence electrons. The van der Waals surface area contributed by atoms with Crippen molar-refractivity contribution in [1.29, 1.82) is 0 Å². The Morgan fingerprint density at radius 3 is 2.81 bits per heavy atom. The lowest BCUT2D eigenvalue weighted by Gasteiger charge is -2.25. The van der Waals surface area contributed by atoms with Crippen LogP contribution < -0.4 is 0 Å². The minimum absolute atomic E-state index is 0.0783. The van der Waals surface area contributed by atoms with E-state index in [1.54, 1.807) is 24.1 Å². The number of likely N-dealkylation sites (N-methyl/N-ethyl adjacent to an activating group) is 1. The molecule has 1 aliphatic heterocycles. The summed E-state index contributed by atoms with van der Waals surface area (Å²) in [5.41, 5.74) is 2.51. The number of benzene rings is 1. The predicted octanol–water partition coefficient (Wildman–Crippen LogP) is 0.988. The lowest BCUT2D eigenvalue weighted by molar-refractivity contribution is -0.130. The molecule has 0 N–H and O–H groups in total. The highest BCUT2D eigenvalue weighted by molar-refractivity contribution is 5.90. The van der Waals surface area contributed by atoms with E-state index in [-0.39, 0.29) is 11.9 Å². The van der Waals surface area contributed by atoms with E-state index in [4.69, 9.17) is 0 Å². The highest BCUT2D eigenvalue weighted by atomic mass is 16.5. The highest BCUT2D eigenvalue weighted by Crippen LogP contribution is 2.20. The second-order valence-corrected chi connectivity index (χ2v) is 3.90. The molecule has 1 aromatic carbocycles. The van der Waals surface area contributed by atoms with E-state index in [2.05, 4.69) is 4.74 Å². The molecule has 4 heteroatoms. The first kappa shape index (κ1) is 10.7. The van der Waals surface area contributed by atoms with Crippen LogP contribution in [0.25, 0.3) is 0 Å². The number of fused-ring (bicyclic) bond motifs is 1. The average molecular weight is 219 g/mol. The summed E-state index contributed by atoms with van der Waals surface area (Å²) in [5.74, 6) is -0.288. The molecule has 4 nitrogen and oxygen atoms in total. The van der Waals surface area contributed by atoms with Gasteiger partial charge in [-0.3, -0.25) is 4.79 Å². The van der Waals surface area contributed by atoms with Gasteiger partial charge in [-0.1, -0.05) is 6.07 Å². The Hall–Kier alpha value is -1.84. The predicted molar refractivity (Wildman–Crippen MR) is 58.0 cm³/mol. The zero-order valence-electron chi connectivity index (χ0n) is 9.32. The number of hydrogen-bond donors (Lipinski definition) is 0. The summed E-state index contributed by atoms with van der Waals surface area (Å²) >= 11 is 0. The molecule has 0 saturated carbocycles. The van der Waals surface area contributed by atoms with Gasteiger partial charge in [-0.25, -0.2) is 4.79 Å². The normalized spacial score (nSPS) is 14.6. The number of amides is 1. The van der Waals surface area contributed by atoms with Gasteiger partial charge in [0.2, 0.25) is 5.91 Å². The molecule has 1 heterocycles. The second kappa shape index (κ2) is 3.96. The Balaban J connectivity index is 2.36. The van der Waals surface area contributed by atoms with E-state index in [1.165, 1.54) is 7.11 Å². The fourth-order valence-electron chi connectivity index (χ4n) is 1.83. The van der Waals surface area contributed by atoms with Crippen LogP contribution >= 0.6 is 0 Å². The standard InChI is InChI=1S/C12H13NO3/c1-13-7-9-4-3-8(12(15)16-2)5-10(9)6-11(13)14/h3-5H,6-7H2,1-2H3. The summed E-state index contributed by atoms with van der Waals surface area (Å²) in [5, 5.41) is 0. The van der Waals surface area contributed by atoms with Crippen LogP contribution in [0.15, 0.2) is 18.2 Å². The van der Waals surface area contributed by atoms with Gasteiger partial charge in [0.05, 0.1) is 19.1 Å². The van der Waals surface area contributed by atoms with Crippen molar-refractivity contribution in [3.63, 3.8) is 0 Å². The molecule has 0 atom stereocenters. The summed E-state index contributed by atoms with van der Waals surface area (Å²) in [6, 6.07) is 5.35. The van der Waals surface area contributed by atoms with E-state index in [9.17, 15) is 9.59 Å². The number of esters is 1. The lowest BCUT2D eigenvalue weighted by atomic mass is 9.97. The highest BCUT2D eigenvalue weighted by Gasteiger charge is 2.20. The minimum atomic E-state index is -0.367. The Kier molecular flexibility index (Phi) is 2.64. The molecule has 0 bridgehead atoms. The lowest BCUT2D eigenvalue weighted by Crippen LogP contribution is -2.32. The summed E-state index contributed by atoms with van der Waals surface area (Å²) in [6.07, 6.45) is 0.358. The molecule has 0 aromatic heterocycles. The van der Waals surface area contributed by atoms with Crippen molar-refractivity contribution in [3.8, 4) is 0 Å². The molecule has 0 spiro atoms. The summed E-state index contributed by atoms with van der Waals surface area (Å²) in [6.45, 7) is 0.607. The number of hydrogen-bond acceptors (Lipinski definition) is 3. The van der Waals surface area contributed by atoms with E-state index in [0.717, 1.165) is 11.1 Å². The van der Waals surface area contributed by atoms with Crippen LogP contribution in [0.2, 0.25) is 0 Å². The third-order valence-corrected chi connectivity index (χ3v) is 2.80. The molecule has 1 aliphatic rings. The van der Waals surface area contributed by atoms with Gasteiger partial charge in [-0.05, 0) is 23.3 Å². The first-order valence-corrected chi connectivity index (χ1v) is 5.06. The average Bonchev–Trinajstić information content (AvgIpc) is 2.29. The molecular formula is C12H13NO3. The van der Waals surface area contributed by atoms with Crippen molar-refractivity contribution in [2.24, 2.45) is 0 Å². The molecule has 2 rings (SSSR count). The third kappa shape index (κ3) is 1.78. The summed E-state index contributed by atoms with van der Waals surface area (Å²) in [7, 11) is 3.13. The van der Waals surface area contributed by atoms with Crippen LogP contribution in [0.3, 0.4) is 0 Å². The molecule has 0 aliphatic carbocycles. The first-order valence-electron chi connectivity index (χ1n) is 5.06. The van der Waals surface area contributed by atoms with Gasteiger partial charge in [0.25, 0.3) is 0 Å². The fourth-order valence-corrected chi connectivity index (χ4v) is 1.83. The van der Waals surface area contributed by atoms with Crippen molar-refractivity contribution < 1.29 is 14.3 Å². The topological polar surface area (TPSA) is 46.6 Å². The van der Waals surface area contributed by atoms with E-state index in [0.29, 0.717) is 18.5 Å². The molecule has 16 heavy (non-hydrogen) atoms. The first-order chi connectivity index (χ1) is 7.61. The van der Waals surface area contributed by atoms with E-state index in [1.807, 2.05) is 6.07 Å². The van der Waals surface area contributed by atoms with Gasteiger partial charge in [0, 0.05) is 13.6 Å². The van der Waals surface area contributed by atoms with Gasteiger partial charge in [0.1, 0.15) is 0 Å². The smallest absolute Gasteiger partial charge is 0.337 e. The van der Waals surface area contributed by atoms with Gasteiger partial charge in [0.15, 0.2) is 0 Å². The largest absolute Gasteiger partial charge is 0.465 e. The van der Waals surface area contributed by atoms with Gasteiger partial charge in [-0.15, -0.1) is 0 Å². The van der Waals surface area contributed by atoms with E-state index < -0.39 is 0 Å². The maximum absolute atomic E-state index is 11.5. The maximum Gasteiger partial charge on any atom is 0.337 e. The van der Waals surface area contributed by atoms with Crippen LogP contribution in [0, 0.1) is 0 Å². The number of rotatable bonds is 1. The van der Waals surface area contributed by atoms with Crippen LogP contribution in [0.1, 0.15) is 21.5 Å². The number of carbonyl (C=O) groups excluding carboxylic acids is 2. The Morgan fingerprint density at radius 1 is 1.38 bits per heavy atom. The number of nitrogens with zero attached hydrogens (tertiary/aromatic N) is 1. The van der Waals surface area contributed by atoms with Crippen LogP contribution in [0.5, 0.6) is 0 Å². The zero-order chi connectivity index (χ0) is 11.7. The Bertz CT molecular complexity index is 454. The van der Waals surface area contributed by atoms with Crippen molar-refractivity contribution >= 4 is 11.9 Å². The van der Waals surface area contributed by atoms with Crippen LogP contribution in [-0.2, 0) is 22.5 Å². The van der Waals surface area contributed by atoms with E-state index >= 15 is 0 Å². The number of methoxy groups -OCH3 is 1. The quantitative estimate of drug-likeness (QED) is 0.662. The third-order valence-electron chi connectivity index (χ3n) is 2.80. The number of carbonyl (C=O) groups is 2. The second-order valence-electron chi connectivity index (χ2n) is 3.90. The Labute approximate surface area is 93.8 Å². The van der Waals surface area contributed by atoms with Crippen LogP contribution in [-0.4, -0.2) is 30.9 Å². The SMILES string of the molecule is COC(=O)c1ccc2c(c1)CC(=O)N(C)C2. The zero-order valence-corrected chi connectivity index (χ0v) is 9.32. The van der Waals surface area contributed by atoms with Gasteiger partial charge < -0.3 is 9.64 Å². The van der Waals surface area contributed by atoms with Crippen molar-refractivity contribution in [1.82, 2.24) is 4.90 Å². The van der Waals surface area contributed by atoms with Crippen molar-refractivity contribution in [2.45, 2.75) is 13.0 Å². The molecule has 0 unspecified atom stereocenters. The summed E-state index contributed by atoms with van der Waals surface area (Å²) in [4.78, 5) is 24.5. The van der Waals surface area contributed by atoms with Crippen molar-refractivity contribution in [3.05, 3.63) is 34.9 Å². The molecule has 0 saturated heterocycles. The molecule has 0 radical (unpaired) electrons. The van der Waals surface area contributed by atoms with Crippen molar-refractivity contribution in [2.75, 3.05) is 14.2 Å². The molecule has 1 aromatic rings. The summed E-state index contributed by atoms with van der Waals surface area (Å²) < 4.78 is 4.64. The minimum Gasteiger partial charge on any atom is -0.465 e. The monoisotopic (exact) mass is 219 g/mol. The number of ether oxygens (including phenoxy) is 1. The molecule has 1 amide bonds. The maximum atomic E-state index is 11.5. The molecule has 0 fully saturated rings. The molecular weight excluding hydrogens is 206 g/mol. The van der Waals surface area contributed by atoms with Gasteiger partial charge >= 0.3 is 5.97 Å². The van der Waals surface area contributed by atoms with Gasteiger partial charge in [-0.2, -0.15) is 0 Å². The Morgan fingerprint density at radius 2 is 2.12 bits per heavy atom.